The lowest BCUT2D eigenvalue weighted by Crippen LogP contribution is -2.42. The van der Waals surface area contributed by atoms with E-state index in [2.05, 4.69) is 20.5 Å². The number of hydrogen-bond acceptors (Lipinski definition) is 5. The topological polar surface area (TPSA) is 149 Å². The van der Waals surface area contributed by atoms with Gasteiger partial charge in [0.1, 0.15) is 6.61 Å². The Hall–Kier alpha value is -2.78. The monoisotopic (exact) mass is 285 g/mol. The molecule has 1 atom stereocenters. The molecule has 1 rings (SSSR count). The largest absolute Gasteiger partial charge is 0.479 e. The minimum Gasteiger partial charge on any atom is -0.479 e. The van der Waals surface area contributed by atoms with Crippen LogP contribution in [0.15, 0.2) is 12.4 Å². The first kappa shape index (κ1) is 15.3. The Labute approximate surface area is 113 Å². The number of carboxylic acid groups (broad SMARTS) is 1. The van der Waals surface area contributed by atoms with Gasteiger partial charge in [-0.3, -0.25) is 4.68 Å². The Bertz CT molecular complexity index is 500. The predicted octanol–water partition coefficient (Wildman–Crippen LogP) is -1.06. The highest BCUT2D eigenvalue weighted by Crippen LogP contribution is 2.11. The Morgan fingerprint density at radius 2 is 2.25 bits per heavy atom. The van der Waals surface area contributed by atoms with Crippen LogP contribution in [0, 0.1) is 0 Å². The molecular formula is C10H15N5O5. The number of aromatic nitrogens is 2. The zero-order chi connectivity index (χ0) is 15.1. The quantitative estimate of drug-likeness (QED) is 0.489. The van der Waals surface area contributed by atoms with E-state index in [1.54, 1.807) is 7.05 Å². The maximum absolute atomic E-state index is 11.5. The molecule has 0 radical (unpaired) electrons. The van der Waals surface area contributed by atoms with Gasteiger partial charge >= 0.3 is 18.1 Å². The van der Waals surface area contributed by atoms with Crippen molar-refractivity contribution in [2.75, 3.05) is 13.2 Å². The number of carbonyl (C=O) groups excluding carboxylic acids is 2. The molecule has 0 saturated carbocycles. The molecule has 20 heavy (non-hydrogen) atoms. The van der Waals surface area contributed by atoms with E-state index in [4.69, 9.17) is 10.8 Å². The predicted molar refractivity (Wildman–Crippen MR) is 65.7 cm³/mol. The molecule has 10 nitrogen and oxygen atoms in total. The van der Waals surface area contributed by atoms with Gasteiger partial charge < -0.3 is 26.2 Å². The van der Waals surface area contributed by atoms with Crippen molar-refractivity contribution in [3.8, 4) is 0 Å². The number of nitrogens with one attached hydrogen (secondary N) is 2. The summed E-state index contributed by atoms with van der Waals surface area (Å²) < 4.78 is 5.82. The summed E-state index contributed by atoms with van der Waals surface area (Å²) >= 11 is 0. The fraction of sp³-hybridized carbons (Fsp3) is 0.400. The first-order valence-corrected chi connectivity index (χ1v) is 5.58. The van der Waals surface area contributed by atoms with Gasteiger partial charge in [-0.1, -0.05) is 0 Å². The number of carboxylic acids is 1. The number of nitrogens with zero attached hydrogens (tertiary/aromatic N) is 2. The highest BCUT2D eigenvalue weighted by atomic mass is 16.5. The Balaban J connectivity index is 2.48. The minimum absolute atomic E-state index is 0.00809. The molecule has 0 fully saturated rings. The first-order chi connectivity index (χ1) is 9.40. The highest BCUT2D eigenvalue weighted by molar-refractivity contribution is 5.83. The molecule has 0 bridgehead atoms. The number of nitrogens with two attached hydrogens (primary N) is 1. The number of rotatable bonds is 6. The van der Waals surface area contributed by atoms with E-state index in [0.717, 1.165) is 0 Å². The first-order valence-electron chi connectivity index (χ1n) is 5.58. The maximum Gasteiger partial charge on any atom is 0.404 e. The van der Waals surface area contributed by atoms with E-state index in [1.807, 2.05) is 0 Å². The van der Waals surface area contributed by atoms with Crippen molar-refractivity contribution in [3.05, 3.63) is 18.0 Å². The molecule has 0 saturated heterocycles. The highest BCUT2D eigenvalue weighted by Gasteiger charge is 2.23. The summed E-state index contributed by atoms with van der Waals surface area (Å²) in [6.45, 7) is -0.0957. The number of carbonyl (C=O) groups is 3. The van der Waals surface area contributed by atoms with Crippen molar-refractivity contribution < 1.29 is 24.2 Å². The molecule has 0 spiro atoms. The van der Waals surface area contributed by atoms with Gasteiger partial charge in [0.25, 0.3) is 0 Å². The van der Waals surface area contributed by atoms with Crippen LogP contribution >= 0.6 is 0 Å². The van der Waals surface area contributed by atoms with E-state index in [1.165, 1.54) is 17.1 Å². The summed E-state index contributed by atoms with van der Waals surface area (Å²) in [4.78, 5) is 32.9. The third-order valence-electron chi connectivity index (χ3n) is 2.21. The number of amides is 3. The average Bonchev–Trinajstić information content (AvgIpc) is 2.77. The van der Waals surface area contributed by atoms with E-state index in [0.29, 0.717) is 5.56 Å². The Morgan fingerprint density at radius 1 is 1.55 bits per heavy atom. The van der Waals surface area contributed by atoms with Crippen molar-refractivity contribution in [1.29, 1.82) is 0 Å². The molecule has 1 unspecified atom stereocenters. The summed E-state index contributed by atoms with van der Waals surface area (Å²) in [6, 6.07) is -1.94. The average molecular weight is 285 g/mol. The van der Waals surface area contributed by atoms with Crippen LogP contribution in [-0.2, 0) is 16.6 Å². The van der Waals surface area contributed by atoms with Gasteiger partial charge in [0.05, 0.1) is 12.7 Å². The molecule has 3 amide bonds. The normalized spacial score (nSPS) is 11.4. The lowest BCUT2D eigenvalue weighted by molar-refractivity contribution is -0.139. The SMILES string of the molecule is Cn1cc(C(NC(=O)NCCOC(N)=O)C(=O)O)cn1. The third-order valence-corrected chi connectivity index (χ3v) is 2.21. The molecule has 5 N–H and O–H groups in total. The number of ether oxygens (including phenoxy) is 1. The summed E-state index contributed by atoms with van der Waals surface area (Å²) in [7, 11) is 1.63. The molecule has 1 heterocycles. The lowest BCUT2D eigenvalue weighted by atomic mass is 10.1. The van der Waals surface area contributed by atoms with Crippen LogP contribution in [0.25, 0.3) is 0 Å². The minimum atomic E-state index is -1.22. The van der Waals surface area contributed by atoms with E-state index in [-0.39, 0.29) is 13.2 Å². The molecule has 1 aromatic heterocycles. The molecule has 110 valence electrons. The Morgan fingerprint density at radius 3 is 2.75 bits per heavy atom. The van der Waals surface area contributed by atoms with Gasteiger partial charge in [0, 0.05) is 18.8 Å². The second kappa shape index (κ2) is 6.97. The third kappa shape index (κ3) is 4.84. The molecular weight excluding hydrogens is 270 g/mol. The number of aliphatic carboxylic acids is 1. The number of urea groups is 1. The van der Waals surface area contributed by atoms with Crippen LogP contribution in [-0.4, -0.2) is 46.1 Å². The van der Waals surface area contributed by atoms with Gasteiger partial charge in [-0.25, -0.2) is 14.4 Å². The van der Waals surface area contributed by atoms with Crippen LogP contribution in [0.2, 0.25) is 0 Å². The molecule has 0 aliphatic heterocycles. The second-order valence-electron chi connectivity index (χ2n) is 3.79. The number of aryl methyl sites for hydroxylation is 1. The molecule has 0 aliphatic carbocycles. The molecule has 0 aromatic carbocycles. The number of hydrogen-bond donors (Lipinski definition) is 4. The summed E-state index contributed by atoms with van der Waals surface area (Å²) in [5, 5.41) is 17.5. The molecule has 0 aliphatic rings. The zero-order valence-electron chi connectivity index (χ0n) is 10.7. The second-order valence-corrected chi connectivity index (χ2v) is 3.79. The van der Waals surface area contributed by atoms with Gasteiger partial charge in [-0.2, -0.15) is 5.10 Å². The summed E-state index contributed by atoms with van der Waals surface area (Å²) in [5.41, 5.74) is 5.07. The number of primary amides is 1. The summed E-state index contributed by atoms with van der Waals surface area (Å²) in [5.74, 6) is -1.22. The van der Waals surface area contributed by atoms with Crippen molar-refractivity contribution in [1.82, 2.24) is 20.4 Å². The summed E-state index contributed by atoms with van der Waals surface area (Å²) in [6.07, 6.45) is 1.87. The van der Waals surface area contributed by atoms with Gasteiger partial charge in [-0.05, 0) is 0 Å². The molecule has 10 heteroatoms. The van der Waals surface area contributed by atoms with E-state index < -0.39 is 24.1 Å². The lowest BCUT2D eigenvalue weighted by Gasteiger charge is -2.13. The van der Waals surface area contributed by atoms with Crippen molar-refractivity contribution in [2.45, 2.75) is 6.04 Å². The zero-order valence-corrected chi connectivity index (χ0v) is 10.7. The van der Waals surface area contributed by atoms with Crippen LogP contribution in [0.5, 0.6) is 0 Å². The van der Waals surface area contributed by atoms with Crippen molar-refractivity contribution >= 4 is 18.1 Å². The maximum atomic E-state index is 11.5. The van der Waals surface area contributed by atoms with E-state index >= 15 is 0 Å². The van der Waals surface area contributed by atoms with Crippen molar-refractivity contribution in [2.24, 2.45) is 12.8 Å². The van der Waals surface area contributed by atoms with Crippen LogP contribution in [0.1, 0.15) is 11.6 Å². The Kier molecular flexibility index (Phi) is 5.32. The van der Waals surface area contributed by atoms with Crippen LogP contribution < -0.4 is 16.4 Å². The van der Waals surface area contributed by atoms with Crippen LogP contribution in [0.4, 0.5) is 9.59 Å². The van der Waals surface area contributed by atoms with Gasteiger partial charge in [0.15, 0.2) is 6.04 Å². The van der Waals surface area contributed by atoms with E-state index in [9.17, 15) is 14.4 Å². The fourth-order valence-electron chi connectivity index (χ4n) is 1.38. The van der Waals surface area contributed by atoms with Gasteiger partial charge in [-0.15, -0.1) is 0 Å². The van der Waals surface area contributed by atoms with Gasteiger partial charge in [0.2, 0.25) is 0 Å². The van der Waals surface area contributed by atoms with Crippen LogP contribution in [0.3, 0.4) is 0 Å². The smallest absolute Gasteiger partial charge is 0.404 e. The fourth-order valence-corrected chi connectivity index (χ4v) is 1.38. The molecule has 1 aromatic rings. The standard InChI is InChI=1S/C10H15N5O5/c1-15-5-6(4-13-15)7(8(16)17)14-10(19)12-2-3-20-9(11)18/h4-5,7H,2-3H2,1H3,(H2,11,18)(H,16,17)(H2,12,14,19). The van der Waals surface area contributed by atoms with Crippen molar-refractivity contribution in [3.63, 3.8) is 0 Å².